The van der Waals surface area contributed by atoms with Gasteiger partial charge in [0.05, 0.1) is 18.0 Å². The molecule has 0 atom stereocenters. The van der Waals surface area contributed by atoms with Crippen molar-refractivity contribution in [3.8, 4) is 5.69 Å². The molecule has 0 fully saturated rings. The predicted molar refractivity (Wildman–Crippen MR) is 131 cm³/mol. The SMILES string of the molecule is CCN(C(=O)CSc1ncn(-c2ccccc2)n1)c1c(N)n(Cc2ccccc2)c(=O)[nH]c1=O. The summed E-state index contributed by atoms with van der Waals surface area (Å²) in [6, 6.07) is 18.7. The van der Waals surface area contributed by atoms with Crippen LogP contribution in [0.2, 0.25) is 0 Å². The highest BCUT2D eigenvalue weighted by Gasteiger charge is 2.23. The van der Waals surface area contributed by atoms with Crippen LogP contribution in [-0.4, -0.2) is 42.5 Å². The number of aromatic nitrogens is 5. The van der Waals surface area contributed by atoms with Gasteiger partial charge in [-0.2, -0.15) is 0 Å². The minimum atomic E-state index is -0.710. The number of rotatable bonds is 8. The zero-order chi connectivity index (χ0) is 24.1. The number of hydrogen-bond acceptors (Lipinski definition) is 7. The van der Waals surface area contributed by atoms with Gasteiger partial charge in [0.1, 0.15) is 12.1 Å². The van der Waals surface area contributed by atoms with E-state index in [0.29, 0.717) is 5.16 Å². The highest BCUT2D eigenvalue weighted by molar-refractivity contribution is 7.99. The Morgan fingerprint density at radius 1 is 1.09 bits per heavy atom. The molecule has 0 aliphatic carbocycles. The number of nitrogen functional groups attached to an aromatic ring is 1. The highest BCUT2D eigenvalue weighted by Crippen LogP contribution is 2.21. The molecule has 2 aromatic carbocycles. The van der Waals surface area contributed by atoms with Crippen molar-refractivity contribution >= 4 is 29.2 Å². The number of para-hydroxylation sites is 1. The van der Waals surface area contributed by atoms with Crippen molar-refractivity contribution in [1.29, 1.82) is 0 Å². The summed E-state index contributed by atoms with van der Waals surface area (Å²) in [5.41, 5.74) is 6.52. The maximum Gasteiger partial charge on any atom is 0.330 e. The summed E-state index contributed by atoms with van der Waals surface area (Å²) in [6.07, 6.45) is 1.57. The standard InChI is InChI=1S/C23H23N7O3S/c1-2-28(18(31)14-34-22-25-15-30(27-22)17-11-7-4-8-12-17)19-20(24)29(23(33)26-21(19)32)13-16-9-5-3-6-10-16/h3-12,15H,2,13-14,24H2,1H3,(H,26,32,33). The van der Waals surface area contributed by atoms with Crippen molar-refractivity contribution in [3.63, 3.8) is 0 Å². The van der Waals surface area contributed by atoms with Gasteiger partial charge in [-0.3, -0.25) is 19.1 Å². The lowest BCUT2D eigenvalue weighted by Gasteiger charge is -2.23. The van der Waals surface area contributed by atoms with Gasteiger partial charge in [-0.1, -0.05) is 60.3 Å². The van der Waals surface area contributed by atoms with Crippen LogP contribution in [0.5, 0.6) is 0 Å². The molecule has 4 aromatic rings. The molecule has 3 N–H and O–H groups in total. The van der Waals surface area contributed by atoms with Crippen molar-refractivity contribution in [1.82, 2.24) is 24.3 Å². The van der Waals surface area contributed by atoms with Crippen LogP contribution >= 0.6 is 11.8 Å². The van der Waals surface area contributed by atoms with Crippen molar-refractivity contribution < 1.29 is 4.79 Å². The number of aromatic amines is 1. The average Bonchev–Trinajstić information content (AvgIpc) is 3.33. The van der Waals surface area contributed by atoms with Crippen LogP contribution in [0.15, 0.2) is 81.7 Å². The maximum atomic E-state index is 13.0. The smallest absolute Gasteiger partial charge is 0.330 e. The van der Waals surface area contributed by atoms with Crippen molar-refractivity contribution in [3.05, 3.63) is 93.4 Å². The van der Waals surface area contributed by atoms with Gasteiger partial charge < -0.3 is 10.6 Å². The van der Waals surface area contributed by atoms with E-state index in [4.69, 9.17) is 5.73 Å². The van der Waals surface area contributed by atoms with E-state index in [-0.39, 0.29) is 36.3 Å². The van der Waals surface area contributed by atoms with E-state index in [1.165, 1.54) is 9.47 Å². The number of carbonyl (C=O) groups is 1. The Labute approximate surface area is 199 Å². The predicted octanol–water partition coefficient (Wildman–Crippen LogP) is 1.89. The van der Waals surface area contributed by atoms with Gasteiger partial charge in [0.2, 0.25) is 11.1 Å². The Kier molecular flexibility index (Phi) is 6.93. The number of amides is 1. The first-order valence-electron chi connectivity index (χ1n) is 10.5. The van der Waals surface area contributed by atoms with E-state index < -0.39 is 11.2 Å². The van der Waals surface area contributed by atoms with E-state index in [2.05, 4.69) is 15.1 Å². The molecule has 2 heterocycles. The second kappa shape index (κ2) is 10.2. The molecule has 34 heavy (non-hydrogen) atoms. The molecule has 0 bridgehead atoms. The number of anilines is 2. The number of hydrogen-bond donors (Lipinski definition) is 2. The van der Waals surface area contributed by atoms with Crippen LogP contribution in [0.25, 0.3) is 5.69 Å². The summed E-state index contributed by atoms with van der Waals surface area (Å²) in [5, 5.41) is 4.80. The molecule has 2 aromatic heterocycles. The molecule has 0 spiro atoms. The fourth-order valence-corrected chi connectivity index (χ4v) is 4.12. The fraction of sp³-hybridized carbons (Fsp3) is 0.174. The van der Waals surface area contributed by atoms with E-state index in [0.717, 1.165) is 23.0 Å². The summed E-state index contributed by atoms with van der Waals surface area (Å²) >= 11 is 1.15. The Hall–Kier alpha value is -4.12. The van der Waals surface area contributed by atoms with E-state index in [1.54, 1.807) is 17.9 Å². The normalized spacial score (nSPS) is 10.9. The van der Waals surface area contributed by atoms with Crippen LogP contribution in [0.1, 0.15) is 12.5 Å². The minimum Gasteiger partial charge on any atom is -0.383 e. The first-order chi connectivity index (χ1) is 16.5. The van der Waals surface area contributed by atoms with Crippen LogP contribution in [0.4, 0.5) is 11.5 Å². The van der Waals surface area contributed by atoms with Gasteiger partial charge in [0.25, 0.3) is 5.56 Å². The average molecular weight is 478 g/mol. The third kappa shape index (κ3) is 4.94. The zero-order valence-corrected chi connectivity index (χ0v) is 19.2. The van der Waals surface area contributed by atoms with Crippen molar-refractivity contribution in [2.45, 2.75) is 18.6 Å². The second-order valence-corrected chi connectivity index (χ2v) is 8.24. The van der Waals surface area contributed by atoms with Crippen molar-refractivity contribution in [2.75, 3.05) is 22.9 Å². The zero-order valence-electron chi connectivity index (χ0n) is 18.4. The molecule has 11 heteroatoms. The molecular weight excluding hydrogens is 454 g/mol. The highest BCUT2D eigenvalue weighted by atomic mass is 32.2. The number of H-pyrrole nitrogens is 1. The first-order valence-corrected chi connectivity index (χ1v) is 11.5. The topological polar surface area (TPSA) is 132 Å². The molecule has 0 unspecified atom stereocenters. The lowest BCUT2D eigenvalue weighted by molar-refractivity contribution is -0.116. The number of nitrogens with zero attached hydrogens (tertiary/aromatic N) is 5. The Bertz CT molecular complexity index is 1400. The van der Waals surface area contributed by atoms with E-state index in [1.807, 2.05) is 60.7 Å². The van der Waals surface area contributed by atoms with E-state index >= 15 is 0 Å². The van der Waals surface area contributed by atoms with Gasteiger partial charge >= 0.3 is 5.69 Å². The summed E-state index contributed by atoms with van der Waals surface area (Å²) in [6.45, 7) is 2.09. The van der Waals surface area contributed by atoms with Gasteiger partial charge in [0.15, 0.2) is 5.69 Å². The van der Waals surface area contributed by atoms with Crippen LogP contribution in [-0.2, 0) is 11.3 Å². The summed E-state index contributed by atoms with van der Waals surface area (Å²) in [7, 11) is 0. The largest absolute Gasteiger partial charge is 0.383 e. The van der Waals surface area contributed by atoms with Gasteiger partial charge in [-0.15, -0.1) is 5.10 Å². The molecular formula is C23H23N7O3S. The van der Waals surface area contributed by atoms with Crippen LogP contribution in [0, 0.1) is 0 Å². The van der Waals surface area contributed by atoms with Gasteiger partial charge in [-0.05, 0) is 24.6 Å². The third-order valence-corrected chi connectivity index (χ3v) is 5.94. The molecule has 1 amide bonds. The van der Waals surface area contributed by atoms with Crippen molar-refractivity contribution in [2.24, 2.45) is 0 Å². The summed E-state index contributed by atoms with van der Waals surface area (Å²) in [4.78, 5) is 45.9. The molecule has 0 saturated carbocycles. The summed E-state index contributed by atoms with van der Waals surface area (Å²) in [5.74, 6) is -0.432. The quantitative estimate of drug-likeness (QED) is 0.370. The monoisotopic (exact) mass is 477 g/mol. The number of nitrogens with two attached hydrogens (primary N) is 1. The third-order valence-electron chi connectivity index (χ3n) is 5.10. The second-order valence-electron chi connectivity index (χ2n) is 7.30. The Morgan fingerprint density at radius 3 is 2.44 bits per heavy atom. The molecule has 0 aliphatic rings. The van der Waals surface area contributed by atoms with Gasteiger partial charge in [-0.25, -0.2) is 14.5 Å². The maximum absolute atomic E-state index is 13.0. The number of benzene rings is 2. The number of nitrogens with one attached hydrogen (secondary N) is 1. The first kappa shape index (κ1) is 23.1. The van der Waals surface area contributed by atoms with E-state index in [9.17, 15) is 14.4 Å². The molecule has 0 radical (unpaired) electrons. The molecule has 10 nitrogen and oxygen atoms in total. The lowest BCUT2D eigenvalue weighted by Crippen LogP contribution is -2.41. The lowest BCUT2D eigenvalue weighted by atomic mass is 10.2. The summed E-state index contributed by atoms with van der Waals surface area (Å²) < 4.78 is 2.87. The fourth-order valence-electron chi connectivity index (χ4n) is 3.44. The van der Waals surface area contributed by atoms with Gasteiger partial charge in [0, 0.05) is 6.54 Å². The molecule has 4 rings (SSSR count). The number of carbonyl (C=O) groups excluding carboxylic acids is 1. The molecule has 0 aliphatic heterocycles. The Balaban J connectivity index is 1.54. The minimum absolute atomic E-state index is 0.0106. The number of thioether (sulfide) groups is 1. The van der Waals surface area contributed by atoms with Crippen LogP contribution < -0.4 is 21.9 Å². The van der Waals surface area contributed by atoms with Crippen LogP contribution in [0.3, 0.4) is 0 Å². The molecule has 174 valence electrons. The molecule has 0 saturated heterocycles. The Morgan fingerprint density at radius 2 is 1.76 bits per heavy atom.